The van der Waals surface area contributed by atoms with Gasteiger partial charge in [-0.15, -0.1) is 5.10 Å². The molecule has 0 N–H and O–H groups in total. The average molecular weight is 356 g/mol. The molecule has 0 saturated heterocycles. The van der Waals surface area contributed by atoms with Crippen LogP contribution in [0.3, 0.4) is 0 Å². The molecule has 0 spiro atoms. The van der Waals surface area contributed by atoms with Crippen LogP contribution in [0.25, 0.3) is 17.2 Å². The summed E-state index contributed by atoms with van der Waals surface area (Å²) in [6, 6.07) is 1.89. The third-order valence-electron chi connectivity index (χ3n) is 3.25. The van der Waals surface area contributed by atoms with Gasteiger partial charge in [0.05, 0.1) is 5.56 Å². The van der Waals surface area contributed by atoms with Crippen molar-refractivity contribution in [1.29, 1.82) is 0 Å². The fraction of sp³-hybridized carbons (Fsp3) is 0.154. The number of aromatic nitrogens is 5. The van der Waals surface area contributed by atoms with Gasteiger partial charge in [0.15, 0.2) is 5.82 Å². The van der Waals surface area contributed by atoms with E-state index in [4.69, 9.17) is 0 Å². The Morgan fingerprint density at radius 1 is 1.16 bits per heavy atom. The van der Waals surface area contributed by atoms with Crippen LogP contribution in [0, 0.1) is 15.9 Å². The van der Waals surface area contributed by atoms with Crippen molar-refractivity contribution in [3.05, 3.63) is 52.3 Å². The number of imidazole rings is 1. The summed E-state index contributed by atoms with van der Waals surface area (Å²) in [4.78, 5) is 17.6. The number of aryl methyl sites for hydroxylation is 1. The van der Waals surface area contributed by atoms with Crippen molar-refractivity contribution >= 4 is 5.82 Å². The van der Waals surface area contributed by atoms with Crippen molar-refractivity contribution in [3.8, 4) is 17.2 Å². The highest BCUT2D eigenvalue weighted by atomic mass is 19.4. The zero-order valence-corrected chi connectivity index (χ0v) is 12.4. The maximum atomic E-state index is 13.5. The van der Waals surface area contributed by atoms with Gasteiger partial charge in [-0.2, -0.15) is 17.9 Å². The third-order valence-corrected chi connectivity index (χ3v) is 3.25. The van der Waals surface area contributed by atoms with Gasteiger partial charge in [-0.3, -0.25) is 4.57 Å². The van der Waals surface area contributed by atoms with Crippen LogP contribution >= 0.6 is 0 Å². The molecular weight excluding hydrogens is 348 g/mol. The van der Waals surface area contributed by atoms with Gasteiger partial charge in [-0.1, -0.05) is 0 Å². The normalized spacial score (nSPS) is 11.7. The molecule has 0 amide bonds. The van der Waals surface area contributed by atoms with Crippen molar-refractivity contribution in [2.45, 2.75) is 6.18 Å². The molecule has 0 aliphatic heterocycles. The second kappa shape index (κ2) is 5.65. The monoisotopic (exact) mass is 356 g/mol. The van der Waals surface area contributed by atoms with E-state index in [1.807, 2.05) is 0 Å². The number of hydrogen-bond donors (Lipinski definition) is 0. The molecule has 0 fully saturated rings. The van der Waals surface area contributed by atoms with Gasteiger partial charge in [0.2, 0.25) is 12.1 Å². The Morgan fingerprint density at radius 2 is 1.88 bits per heavy atom. The second-order valence-corrected chi connectivity index (χ2v) is 5.00. The maximum Gasteiger partial charge on any atom is 0.416 e. The van der Waals surface area contributed by atoms with Gasteiger partial charge < -0.3 is 10.1 Å². The molecule has 1 aromatic carbocycles. The fourth-order valence-electron chi connectivity index (χ4n) is 2.18. The van der Waals surface area contributed by atoms with Crippen molar-refractivity contribution < 1.29 is 22.5 Å². The van der Waals surface area contributed by atoms with Gasteiger partial charge in [0.25, 0.3) is 0 Å². The van der Waals surface area contributed by atoms with Gasteiger partial charge in [0, 0.05) is 12.6 Å². The van der Waals surface area contributed by atoms with Gasteiger partial charge in [-0.25, -0.2) is 9.37 Å². The van der Waals surface area contributed by atoms with E-state index in [9.17, 15) is 27.7 Å². The summed E-state index contributed by atoms with van der Waals surface area (Å²) in [7, 11) is 1.47. The molecule has 3 rings (SSSR count). The van der Waals surface area contributed by atoms with Crippen LogP contribution in [0.4, 0.5) is 23.4 Å². The highest BCUT2D eigenvalue weighted by Gasteiger charge is 2.32. The van der Waals surface area contributed by atoms with Crippen molar-refractivity contribution in [2.75, 3.05) is 0 Å². The molecule has 0 radical (unpaired) electrons. The third kappa shape index (κ3) is 3.05. The molecule has 0 atom stereocenters. The maximum absolute atomic E-state index is 13.5. The standard InChI is InChI=1S/C13H8F4N6O2/c1-21-5-19-11(23(24)25)12(21)22-6-18-10(20-22)7-2-8(13(15,16)17)4-9(14)3-7/h2-6H,1H3. The minimum absolute atomic E-state index is 0.0452. The number of nitro groups is 1. The number of benzene rings is 1. The Balaban J connectivity index is 2.08. The first-order valence-electron chi connectivity index (χ1n) is 6.62. The van der Waals surface area contributed by atoms with E-state index < -0.39 is 28.3 Å². The van der Waals surface area contributed by atoms with E-state index in [1.165, 1.54) is 17.9 Å². The van der Waals surface area contributed by atoms with E-state index in [-0.39, 0.29) is 17.2 Å². The Kier molecular flexibility index (Phi) is 3.74. The quantitative estimate of drug-likeness (QED) is 0.409. The molecule has 130 valence electrons. The Morgan fingerprint density at radius 3 is 2.52 bits per heavy atom. The van der Waals surface area contributed by atoms with E-state index >= 15 is 0 Å². The number of nitrogens with zero attached hydrogens (tertiary/aromatic N) is 6. The Bertz CT molecular complexity index is 962. The highest BCUT2D eigenvalue weighted by molar-refractivity contribution is 5.56. The van der Waals surface area contributed by atoms with E-state index in [0.717, 1.165) is 17.1 Å². The summed E-state index contributed by atoms with van der Waals surface area (Å²) in [6.07, 6.45) is -2.49. The number of hydrogen-bond acceptors (Lipinski definition) is 5. The summed E-state index contributed by atoms with van der Waals surface area (Å²) in [5.41, 5.74) is -1.40. The topological polar surface area (TPSA) is 91.7 Å². The average Bonchev–Trinajstić information content (AvgIpc) is 3.11. The molecular formula is C13H8F4N6O2. The Hall–Kier alpha value is -3.31. The number of alkyl halides is 3. The van der Waals surface area contributed by atoms with Crippen LogP contribution < -0.4 is 0 Å². The largest absolute Gasteiger partial charge is 0.416 e. The van der Waals surface area contributed by atoms with Crippen LogP contribution in [-0.4, -0.2) is 29.2 Å². The first kappa shape index (κ1) is 16.5. The van der Waals surface area contributed by atoms with Crippen LogP contribution in [0.1, 0.15) is 5.56 Å². The molecule has 2 aromatic heterocycles. The van der Waals surface area contributed by atoms with Crippen molar-refractivity contribution in [1.82, 2.24) is 24.3 Å². The first-order chi connectivity index (χ1) is 11.7. The van der Waals surface area contributed by atoms with Crippen molar-refractivity contribution in [2.24, 2.45) is 7.05 Å². The first-order valence-corrected chi connectivity index (χ1v) is 6.62. The molecule has 12 heteroatoms. The van der Waals surface area contributed by atoms with E-state index in [2.05, 4.69) is 15.1 Å². The number of rotatable bonds is 3. The van der Waals surface area contributed by atoms with E-state index in [1.54, 1.807) is 0 Å². The lowest BCUT2D eigenvalue weighted by Crippen LogP contribution is -2.06. The predicted octanol–water partition coefficient (Wildman–Crippen LogP) is 2.73. The minimum Gasteiger partial charge on any atom is -0.358 e. The zero-order valence-electron chi connectivity index (χ0n) is 12.4. The highest BCUT2D eigenvalue weighted by Crippen LogP contribution is 2.32. The lowest BCUT2D eigenvalue weighted by atomic mass is 10.1. The smallest absolute Gasteiger partial charge is 0.358 e. The summed E-state index contributed by atoms with van der Waals surface area (Å²) >= 11 is 0. The van der Waals surface area contributed by atoms with Crippen LogP contribution in [-0.2, 0) is 13.2 Å². The second-order valence-electron chi connectivity index (χ2n) is 5.00. The summed E-state index contributed by atoms with van der Waals surface area (Å²) < 4.78 is 54.1. The minimum atomic E-state index is -4.74. The molecule has 8 nitrogen and oxygen atoms in total. The van der Waals surface area contributed by atoms with E-state index in [0.29, 0.717) is 12.1 Å². The summed E-state index contributed by atoms with van der Waals surface area (Å²) in [5, 5.41) is 14.9. The molecule has 0 aliphatic rings. The van der Waals surface area contributed by atoms with Crippen LogP contribution in [0.2, 0.25) is 0 Å². The molecule has 25 heavy (non-hydrogen) atoms. The van der Waals surface area contributed by atoms with Crippen molar-refractivity contribution in [3.63, 3.8) is 0 Å². The molecule has 2 heterocycles. The number of halogens is 4. The van der Waals surface area contributed by atoms with Gasteiger partial charge in [0.1, 0.15) is 12.1 Å². The molecule has 0 unspecified atom stereocenters. The fourth-order valence-corrected chi connectivity index (χ4v) is 2.18. The van der Waals surface area contributed by atoms with Crippen LogP contribution in [0.15, 0.2) is 30.9 Å². The lowest BCUT2D eigenvalue weighted by molar-refractivity contribution is -0.389. The molecule has 3 aromatic rings. The summed E-state index contributed by atoms with van der Waals surface area (Å²) in [5.74, 6) is -1.88. The molecule has 0 saturated carbocycles. The summed E-state index contributed by atoms with van der Waals surface area (Å²) in [6.45, 7) is 0. The molecule has 0 bridgehead atoms. The SMILES string of the molecule is Cn1cnc([N+](=O)[O-])c1-n1cnc(-c2cc(F)cc(C(F)(F)F)c2)n1. The zero-order chi connectivity index (χ0) is 18.4. The Labute approximate surface area is 136 Å². The molecule has 0 aliphatic carbocycles. The predicted molar refractivity (Wildman–Crippen MR) is 75.2 cm³/mol. The lowest BCUT2D eigenvalue weighted by Gasteiger charge is -2.07. The van der Waals surface area contributed by atoms with Crippen LogP contribution in [0.5, 0.6) is 0 Å². The van der Waals surface area contributed by atoms with Gasteiger partial charge >= 0.3 is 12.0 Å². The van der Waals surface area contributed by atoms with Gasteiger partial charge in [-0.05, 0) is 28.1 Å².